The number of urea groups is 1. The van der Waals surface area contributed by atoms with Crippen LogP contribution < -0.4 is 10.6 Å². The van der Waals surface area contributed by atoms with E-state index in [1.54, 1.807) is 31.7 Å². The number of carbonyl (C=O) groups excluding carboxylic acids is 2. The lowest BCUT2D eigenvalue weighted by Crippen LogP contribution is -2.51. The van der Waals surface area contributed by atoms with Gasteiger partial charge in [-0.15, -0.1) is 0 Å². The van der Waals surface area contributed by atoms with Crippen LogP contribution in [0.3, 0.4) is 0 Å². The number of carbonyl (C=O) groups is 2. The molecule has 1 heterocycles. The third-order valence-electron chi connectivity index (χ3n) is 3.60. The van der Waals surface area contributed by atoms with Crippen molar-refractivity contribution in [3.05, 3.63) is 28.5 Å². The summed E-state index contributed by atoms with van der Waals surface area (Å²) in [6, 6.07) is 3.86. The number of hydrogen-bond acceptors (Lipinski definition) is 3. The minimum atomic E-state index is -0.574. The number of rotatable bonds is 2. The number of halogens is 2. The van der Waals surface area contributed by atoms with Crippen LogP contribution >= 0.6 is 15.9 Å². The van der Waals surface area contributed by atoms with E-state index in [2.05, 4.69) is 26.6 Å². The van der Waals surface area contributed by atoms with Crippen molar-refractivity contribution < 1.29 is 18.7 Å². The Balaban J connectivity index is 1.91. The predicted octanol–water partition coefficient (Wildman–Crippen LogP) is 4.11. The molecule has 0 aliphatic carbocycles. The molecule has 1 atom stereocenters. The van der Waals surface area contributed by atoms with E-state index in [0.29, 0.717) is 17.6 Å². The second-order valence-electron chi connectivity index (χ2n) is 6.99. The molecule has 0 unspecified atom stereocenters. The van der Waals surface area contributed by atoms with Gasteiger partial charge in [0.25, 0.3) is 0 Å². The Bertz CT molecular complexity index is 649. The number of piperidine rings is 1. The summed E-state index contributed by atoms with van der Waals surface area (Å²) in [5.41, 5.74) is -0.454. The Kier molecular flexibility index (Phi) is 6.26. The van der Waals surface area contributed by atoms with Crippen LogP contribution in [0.1, 0.15) is 33.6 Å². The molecule has 6 nitrogen and oxygen atoms in total. The largest absolute Gasteiger partial charge is 0.444 e. The van der Waals surface area contributed by atoms with Gasteiger partial charge < -0.3 is 20.3 Å². The van der Waals surface area contributed by atoms with Crippen molar-refractivity contribution in [2.75, 3.05) is 18.4 Å². The van der Waals surface area contributed by atoms with Crippen molar-refractivity contribution in [3.8, 4) is 0 Å². The maximum Gasteiger partial charge on any atom is 0.407 e. The normalized spacial score (nSPS) is 17.8. The number of hydrogen-bond donors (Lipinski definition) is 2. The maximum absolute atomic E-state index is 13.8. The summed E-state index contributed by atoms with van der Waals surface area (Å²) >= 11 is 3.18. The van der Waals surface area contributed by atoms with Crippen LogP contribution in [0.5, 0.6) is 0 Å². The molecular weight excluding hydrogens is 393 g/mol. The number of likely N-dealkylation sites (tertiary alicyclic amines) is 1. The first-order valence-corrected chi connectivity index (χ1v) is 8.94. The number of nitrogens with one attached hydrogen (secondary N) is 2. The molecule has 0 radical (unpaired) electrons. The molecule has 1 aliphatic heterocycles. The van der Waals surface area contributed by atoms with E-state index >= 15 is 0 Å². The first-order chi connectivity index (χ1) is 11.6. The van der Waals surface area contributed by atoms with Gasteiger partial charge >= 0.3 is 12.1 Å². The lowest BCUT2D eigenvalue weighted by molar-refractivity contribution is 0.0480. The third-order valence-corrected chi connectivity index (χ3v) is 4.10. The zero-order valence-corrected chi connectivity index (χ0v) is 16.2. The summed E-state index contributed by atoms with van der Waals surface area (Å²) < 4.78 is 19.7. The van der Waals surface area contributed by atoms with Gasteiger partial charge in [0.1, 0.15) is 11.4 Å². The molecule has 2 N–H and O–H groups in total. The fourth-order valence-corrected chi connectivity index (χ4v) is 2.87. The molecule has 138 valence electrons. The Morgan fingerprint density at radius 3 is 2.72 bits per heavy atom. The second-order valence-corrected chi connectivity index (χ2v) is 7.90. The van der Waals surface area contributed by atoms with Crippen LogP contribution in [0.4, 0.5) is 19.7 Å². The zero-order valence-electron chi connectivity index (χ0n) is 14.6. The van der Waals surface area contributed by atoms with Gasteiger partial charge in [-0.2, -0.15) is 0 Å². The molecule has 0 bridgehead atoms. The summed E-state index contributed by atoms with van der Waals surface area (Å²) in [6.45, 7) is 6.28. The molecule has 8 heteroatoms. The van der Waals surface area contributed by atoms with Crippen molar-refractivity contribution in [1.29, 1.82) is 0 Å². The molecule has 0 saturated carbocycles. The Morgan fingerprint density at radius 1 is 1.36 bits per heavy atom. The van der Waals surface area contributed by atoms with Gasteiger partial charge in [0.15, 0.2) is 0 Å². The number of alkyl carbamates (subject to hydrolysis) is 1. The van der Waals surface area contributed by atoms with Crippen LogP contribution in [-0.2, 0) is 4.74 Å². The van der Waals surface area contributed by atoms with Crippen LogP contribution in [0.25, 0.3) is 0 Å². The highest BCUT2D eigenvalue weighted by Gasteiger charge is 2.27. The van der Waals surface area contributed by atoms with Crippen molar-refractivity contribution >= 4 is 33.7 Å². The summed E-state index contributed by atoms with van der Waals surface area (Å²) in [5.74, 6) is -0.511. The molecule has 1 aliphatic rings. The fraction of sp³-hybridized carbons (Fsp3) is 0.529. The van der Waals surface area contributed by atoms with E-state index in [-0.39, 0.29) is 11.7 Å². The Hall–Kier alpha value is -1.83. The van der Waals surface area contributed by atoms with E-state index in [0.717, 1.165) is 12.8 Å². The monoisotopic (exact) mass is 415 g/mol. The standard InChI is InChI=1S/C17H23BrFN3O3/c1-17(2,3)25-16(24)20-12-5-4-8-22(10-12)15(23)21-14-7-6-11(18)9-13(14)19/h6-7,9,12H,4-5,8,10H2,1-3H3,(H,20,24)(H,21,23)/t12-/m1/s1. The van der Waals surface area contributed by atoms with Gasteiger partial charge in [0, 0.05) is 23.6 Å². The van der Waals surface area contributed by atoms with Crippen LogP contribution in [0.2, 0.25) is 0 Å². The van der Waals surface area contributed by atoms with Gasteiger partial charge in [-0.3, -0.25) is 0 Å². The molecule has 0 spiro atoms. The SMILES string of the molecule is CC(C)(C)OC(=O)N[C@@H]1CCCN(C(=O)Nc2ccc(Br)cc2F)C1. The number of benzene rings is 1. The highest BCUT2D eigenvalue weighted by Crippen LogP contribution is 2.20. The summed E-state index contributed by atoms with van der Waals surface area (Å²) in [4.78, 5) is 25.8. The van der Waals surface area contributed by atoms with Gasteiger partial charge in [-0.25, -0.2) is 14.0 Å². The van der Waals surface area contributed by atoms with E-state index in [9.17, 15) is 14.0 Å². The lowest BCUT2D eigenvalue weighted by atomic mass is 10.1. The fourth-order valence-electron chi connectivity index (χ4n) is 2.54. The summed E-state index contributed by atoms with van der Waals surface area (Å²) in [7, 11) is 0. The molecule has 1 fully saturated rings. The zero-order chi connectivity index (χ0) is 18.6. The number of amides is 3. The van der Waals surface area contributed by atoms with E-state index < -0.39 is 23.5 Å². The maximum atomic E-state index is 13.8. The number of ether oxygens (including phenoxy) is 1. The molecule has 1 saturated heterocycles. The van der Waals surface area contributed by atoms with E-state index in [1.807, 2.05) is 0 Å². The smallest absolute Gasteiger partial charge is 0.407 e. The number of anilines is 1. The average Bonchev–Trinajstić information content (AvgIpc) is 2.48. The molecule has 0 aromatic heterocycles. The molecule has 3 amide bonds. The highest BCUT2D eigenvalue weighted by atomic mass is 79.9. The third kappa shape index (κ3) is 6.19. The first kappa shape index (κ1) is 19.5. The molecule has 2 rings (SSSR count). The molecule has 1 aromatic carbocycles. The van der Waals surface area contributed by atoms with Gasteiger partial charge in [-0.1, -0.05) is 15.9 Å². The lowest BCUT2D eigenvalue weighted by Gasteiger charge is -2.33. The minimum Gasteiger partial charge on any atom is -0.444 e. The quantitative estimate of drug-likeness (QED) is 0.763. The van der Waals surface area contributed by atoms with Crippen LogP contribution in [0, 0.1) is 5.82 Å². The van der Waals surface area contributed by atoms with Crippen molar-refractivity contribution in [2.45, 2.75) is 45.3 Å². The summed E-state index contributed by atoms with van der Waals surface area (Å²) in [6.07, 6.45) is 1.01. The molecule has 1 aromatic rings. The van der Waals surface area contributed by atoms with Crippen LogP contribution in [-0.4, -0.2) is 41.8 Å². The molecule has 25 heavy (non-hydrogen) atoms. The van der Waals surface area contributed by atoms with Gasteiger partial charge in [-0.05, 0) is 51.8 Å². The minimum absolute atomic E-state index is 0.121. The Morgan fingerprint density at radius 2 is 2.08 bits per heavy atom. The predicted molar refractivity (Wildman–Crippen MR) is 97.1 cm³/mol. The first-order valence-electron chi connectivity index (χ1n) is 8.14. The van der Waals surface area contributed by atoms with Gasteiger partial charge in [0.05, 0.1) is 5.69 Å². The summed E-state index contributed by atoms with van der Waals surface area (Å²) in [5, 5.41) is 5.35. The van der Waals surface area contributed by atoms with E-state index in [4.69, 9.17) is 4.74 Å². The highest BCUT2D eigenvalue weighted by molar-refractivity contribution is 9.10. The average molecular weight is 416 g/mol. The topological polar surface area (TPSA) is 70.7 Å². The van der Waals surface area contributed by atoms with Gasteiger partial charge in [0.2, 0.25) is 0 Å². The number of nitrogens with zero attached hydrogens (tertiary/aromatic N) is 1. The van der Waals surface area contributed by atoms with Crippen molar-refractivity contribution in [3.63, 3.8) is 0 Å². The second kappa shape index (κ2) is 8.03. The van der Waals surface area contributed by atoms with Crippen LogP contribution in [0.15, 0.2) is 22.7 Å². The van der Waals surface area contributed by atoms with E-state index in [1.165, 1.54) is 12.1 Å². The molecular formula is C17H23BrFN3O3. The van der Waals surface area contributed by atoms with Crippen molar-refractivity contribution in [2.24, 2.45) is 0 Å². The Labute approximate surface area is 155 Å². The van der Waals surface area contributed by atoms with Crippen molar-refractivity contribution in [1.82, 2.24) is 10.2 Å².